The number of hydrogen-bond donors (Lipinski definition) is 0. The van der Waals surface area contributed by atoms with Crippen molar-refractivity contribution in [2.45, 2.75) is 32.3 Å². The van der Waals surface area contributed by atoms with Gasteiger partial charge in [-0.2, -0.15) is 0 Å². The lowest BCUT2D eigenvalue weighted by atomic mass is 9.99. The minimum absolute atomic E-state index is 0.0368. The van der Waals surface area contributed by atoms with Crippen LogP contribution in [0.15, 0.2) is 60.7 Å². The van der Waals surface area contributed by atoms with Crippen LogP contribution < -0.4 is 4.74 Å². The van der Waals surface area contributed by atoms with Crippen molar-refractivity contribution in [3.05, 3.63) is 70.8 Å². The van der Waals surface area contributed by atoms with Gasteiger partial charge in [0, 0.05) is 11.6 Å². The second kappa shape index (κ2) is 6.79. The lowest BCUT2D eigenvalue weighted by Gasteiger charge is -2.20. The number of nitro benzene ring substituents is 1. The Bertz CT molecular complexity index is 967. The maximum absolute atomic E-state index is 11.6. The maximum atomic E-state index is 11.6. The normalized spacial score (nSPS) is 19.6. The third kappa shape index (κ3) is 3.03. The second-order valence-electron chi connectivity index (χ2n) is 7.04. The number of nitrogens with zero attached hydrogens (tertiary/aromatic N) is 1. The van der Waals surface area contributed by atoms with E-state index in [1.54, 1.807) is 6.07 Å². The Morgan fingerprint density at radius 2 is 1.81 bits per heavy atom. The zero-order valence-electron chi connectivity index (χ0n) is 14.7. The zero-order valence-corrected chi connectivity index (χ0v) is 14.7. The highest BCUT2D eigenvalue weighted by Gasteiger charge is 2.29. The van der Waals surface area contributed by atoms with E-state index >= 15 is 0 Å². The molecule has 4 heteroatoms. The number of hydrogen-bond acceptors (Lipinski definition) is 3. The summed E-state index contributed by atoms with van der Waals surface area (Å²) < 4.78 is 6.24. The molecule has 0 bridgehead atoms. The van der Waals surface area contributed by atoms with E-state index in [9.17, 15) is 10.1 Å². The summed E-state index contributed by atoms with van der Waals surface area (Å²) in [7, 11) is 0. The Hall–Kier alpha value is -2.88. The van der Waals surface area contributed by atoms with Crippen LogP contribution in [-0.4, -0.2) is 11.0 Å². The molecule has 0 N–H and O–H groups in total. The molecule has 2 atom stereocenters. The Morgan fingerprint density at radius 1 is 1.00 bits per heavy atom. The average Bonchev–Trinajstić information content (AvgIpc) is 3.06. The van der Waals surface area contributed by atoms with Crippen molar-refractivity contribution in [3.8, 4) is 16.9 Å². The van der Waals surface area contributed by atoms with Crippen molar-refractivity contribution in [2.75, 3.05) is 0 Å². The topological polar surface area (TPSA) is 52.4 Å². The smallest absolute Gasteiger partial charge is 0.311 e. The van der Waals surface area contributed by atoms with Gasteiger partial charge in [-0.05, 0) is 47.6 Å². The number of rotatable bonds is 4. The van der Waals surface area contributed by atoms with Gasteiger partial charge in [0.25, 0.3) is 0 Å². The predicted octanol–water partition coefficient (Wildman–Crippen LogP) is 5.98. The molecule has 3 aromatic rings. The van der Waals surface area contributed by atoms with E-state index in [1.807, 2.05) is 30.3 Å². The van der Waals surface area contributed by atoms with Gasteiger partial charge < -0.3 is 4.74 Å². The van der Waals surface area contributed by atoms with Gasteiger partial charge in [0.1, 0.15) is 6.10 Å². The third-order valence-corrected chi connectivity index (χ3v) is 5.30. The van der Waals surface area contributed by atoms with Crippen molar-refractivity contribution in [2.24, 2.45) is 5.92 Å². The van der Waals surface area contributed by atoms with Crippen molar-refractivity contribution in [3.63, 3.8) is 0 Å². The molecule has 1 aliphatic carbocycles. The standard InChI is InChI=1S/C22H21NO3/c1-15-6-4-11-21(15)26-22-19(9-5-10-20(22)23(24)25)18-13-12-16-7-2-3-8-17(16)14-18/h2-3,5,7-10,12-15,21H,4,6,11H2,1H3/t15-,21+/m0/s1. The van der Waals surface area contributed by atoms with Gasteiger partial charge in [-0.15, -0.1) is 0 Å². The molecule has 1 aliphatic rings. The van der Waals surface area contributed by atoms with E-state index in [0.717, 1.165) is 41.2 Å². The van der Waals surface area contributed by atoms with Crippen molar-refractivity contribution in [1.29, 1.82) is 0 Å². The van der Waals surface area contributed by atoms with E-state index < -0.39 is 0 Å². The first kappa shape index (κ1) is 16.6. The van der Waals surface area contributed by atoms with Gasteiger partial charge in [-0.1, -0.05) is 55.5 Å². The SMILES string of the molecule is C[C@H]1CCC[C@H]1Oc1c(-c2ccc3ccccc3c2)cccc1[N+](=O)[O-]. The van der Waals surface area contributed by atoms with Gasteiger partial charge >= 0.3 is 5.69 Å². The third-order valence-electron chi connectivity index (χ3n) is 5.30. The molecule has 0 spiro atoms. The monoisotopic (exact) mass is 347 g/mol. The first-order valence-corrected chi connectivity index (χ1v) is 9.07. The number of fused-ring (bicyclic) bond motifs is 1. The highest BCUT2D eigenvalue weighted by Crippen LogP contribution is 2.41. The van der Waals surface area contributed by atoms with E-state index in [1.165, 1.54) is 6.07 Å². The van der Waals surface area contributed by atoms with Crippen LogP contribution in [0.25, 0.3) is 21.9 Å². The van der Waals surface area contributed by atoms with Crippen LogP contribution in [0.3, 0.4) is 0 Å². The predicted molar refractivity (Wildman–Crippen MR) is 103 cm³/mol. The maximum Gasteiger partial charge on any atom is 0.311 e. The van der Waals surface area contributed by atoms with Gasteiger partial charge in [0.05, 0.1) is 4.92 Å². The minimum Gasteiger partial charge on any atom is -0.483 e. The highest BCUT2D eigenvalue weighted by molar-refractivity contribution is 5.89. The first-order chi connectivity index (χ1) is 12.6. The quantitative estimate of drug-likeness (QED) is 0.431. The zero-order chi connectivity index (χ0) is 18.1. The van der Waals surface area contributed by atoms with Crippen molar-refractivity contribution < 1.29 is 9.66 Å². The molecular formula is C22H21NO3. The van der Waals surface area contributed by atoms with Crippen LogP contribution in [0.5, 0.6) is 5.75 Å². The summed E-state index contributed by atoms with van der Waals surface area (Å²) in [5.41, 5.74) is 1.76. The molecule has 132 valence electrons. The van der Waals surface area contributed by atoms with Gasteiger partial charge in [0.2, 0.25) is 5.75 Å². The number of para-hydroxylation sites is 1. The molecule has 0 aromatic heterocycles. The fraction of sp³-hybridized carbons (Fsp3) is 0.273. The molecule has 4 rings (SSSR count). The average molecular weight is 347 g/mol. The van der Waals surface area contributed by atoms with Crippen LogP contribution in [0.1, 0.15) is 26.2 Å². The fourth-order valence-corrected chi connectivity index (χ4v) is 3.81. The molecule has 0 aliphatic heterocycles. The van der Waals surface area contributed by atoms with E-state index in [2.05, 4.69) is 25.1 Å². The van der Waals surface area contributed by atoms with Crippen LogP contribution in [0, 0.1) is 16.0 Å². The summed E-state index contributed by atoms with van der Waals surface area (Å²) in [5, 5.41) is 13.9. The molecule has 0 heterocycles. The lowest BCUT2D eigenvalue weighted by Crippen LogP contribution is -2.20. The van der Waals surface area contributed by atoms with Gasteiger partial charge in [-0.3, -0.25) is 10.1 Å². The number of ether oxygens (including phenoxy) is 1. The van der Waals surface area contributed by atoms with Crippen LogP contribution >= 0.6 is 0 Å². The lowest BCUT2D eigenvalue weighted by molar-refractivity contribution is -0.386. The molecule has 1 fully saturated rings. The van der Waals surface area contributed by atoms with E-state index in [-0.39, 0.29) is 16.7 Å². The largest absolute Gasteiger partial charge is 0.483 e. The number of nitro groups is 1. The Balaban J connectivity index is 1.83. The molecule has 0 saturated heterocycles. The van der Waals surface area contributed by atoms with Crippen LogP contribution in [0.4, 0.5) is 5.69 Å². The summed E-state index contributed by atoms with van der Waals surface area (Å²) in [6.45, 7) is 2.15. The Labute approximate surface area is 152 Å². The second-order valence-corrected chi connectivity index (χ2v) is 7.04. The molecular weight excluding hydrogens is 326 g/mol. The van der Waals surface area contributed by atoms with Gasteiger partial charge in [-0.25, -0.2) is 0 Å². The minimum atomic E-state index is -0.348. The fourth-order valence-electron chi connectivity index (χ4n) is 3.81. The van der Waals surface area contributed by atoms with Gasteiger partial charge in [0.15, 0.2) is 0 Å². The van der Waals surface area contributed by atoms with Crippen LogP contribution in [0.2, 0.25) is 0 Å². The molecule has 0 amide bonds. The Kier molecular flexibility index (Phi) is 4.33. The van der Waals surface area contributed by atoms with E-state index in [4.69, 9.17) is 4.74 Å². The molecule has 0 unspecified atom stereocenters. The summed E-state index contributed by atoms with van der Waals surface area (Å²) in [4.78, 5) is 11.3. The summed E-state index contributed by atoms with van der Waals surface area (Å²) >= 11 is 0. The molecule has 3 aromatic carbocycles. The van der Waals surface area contributed by atoms with Crippen molar-refractivity contribution >= 4 is 16.5 Å². The van der Waals surface area contributed by atoms with E-state index in [0.29, 0.717) is 11.7 Å². The highest BCUT2D eigenvalue weighted by atomic mass is 16.6. The summed E-state index contributed by atoms with van der Waals surface area (Å²) in [5.74, 6) is 0.811. The molecule has 0 radical (unpaired) electrons. The summed E-state index contributed by atoms with van der Waals surface area (Å²) in [6.07, 6.45) is 3.20. The number of benzene rings is 3. The Morgan fingerprint density at radius 3 is 2.54 bits per heavy atom. The molecule has 1 saturated carbocycles. The van der Waals surface area contributed by atoms with Crippen molar-refractivity contribution in [1.82, 2.24) is 0 Å². The first-order valence-electron chi connectivity index (χ1n) is 9.07. The molecule has 26 heavy (non-hydrogen) atoms. The molecule has 4 nitrogen and oxygen atoms in total. The van der Waals surface area contributed by atoms with Crippen LogP contribution in [-0.2, 0) is 0 Å². The summed E-state index contributed by atoms with van der Waals surface area (Å²) in [6, 6.07) is 19.4.